The Labute approximate surface area is 152 Å². The van der Waals surface area contributed by atoms with Crippen molar-refractivity contribution in [3.05, 3.63) is 42.1 Å². The number of hydrogen-bond acceptors (Lipinski definition) is 6. The van der Waals surface area contributed by atoms with Gasteiger partial charge >= 0.3 is 6.01 Å². The average Bonchev–Trinajstić information content (AvgIpc) is 2.68. The number of rotatable bonds is 6. The largest absolute Gasteiger partial charge is 0.497 e. The van der Waals surface area contributed by atoms with Crippen LogP contribution >= 0.6 is 0 Å². The molecular formula is C19H23N3O4. The van der Waals surface area contributed by atoms with Crippen LogP contribution in [0.2, 0.25) is 0 Å². The van der Waals surface area contributed by atoms with Gasteiger partial charge in [0.25, 0.3) is 0 Å². The van der Waals surface area contributed by atoms with Crippen molar-refractivity contribution in [2.45, 2.75) is 25.4 Å². The Hall–Kier alpha value is -2.83. The molecule has 0 radical (unpaired) electrons. The molecule has 1 fully saturated rings. The second-order valence-corrected chi connectivity index (χ2v) is 6.13. The fourth-order valence-electron chi connectivity index (χ4n) is 2.99. The van der Waals surface area contributed by atoms with Crippen molar-refractivity contribution in [2.75, 3.05) is 27.3 Å². The van der Waals surface area contributed by atoms with Crippen LogP contribution in [0.15, 0.2) is 36.5 Å². The Morgan fingerprint density at radius 1 is 1.27 bits per heavy atom. The molecule has 0 saturated carbocycles. The first-order valence-electron chi connectivity index (χ1n) is 8.62. The van der Waals surface area contributed by atoms with E-state index in [1.54, 1.807) is 19.4 Å². The first-order valence-corrected chi connectivity index (χ1v) is 8.62. The second kappa shape index (κ2) is 8.51. The molecule has 1 aliphatic rings. The molecule has 7 nitrogen and oxygen atoms in total. The molecule has 1 aromatic heterocycles. The number of nitrogens with zero attached hydrogens (tertiary/aromatic N) is 3. The molecule has 1 amide bonds. The Morgan fingerprint density at radius 2 is 2.15 bits per heavy atom. The van der Waals surface area contributed by atoms with Crippen molar-refractivity contribution in [1.29, 1.82) is 0 Å². The van der Waals surface area contributed by atoms with Crippen molar-refractivity contribution in [1.82, 2.24) is 14.9 Å². The van der Waals surface area contributed by atoms with Gasteiger partial charge in [-0.05, 0) is 30.5 Å². The number of ether oxygens (including phenoxy) is 3. The summed E-state index contributed by atoms with van der Waals surface area (Å²) in [6, 6.07) is 9.55. The molecule has 0 aliphatic carbocycles. The maximum absolute atomic E-state index is 12.6. The van der Waals surface area contributed by atoms with Crippen molar-refractivity contribution >= 4 is 5.91 Å². The van der Waals surface area contributed by atoms with Gasteiger partial charge < -0.3 is 19.1 Å². The van der Waals surface area contributed by atoms with E-state index in [2.05, 4.69) is 9.97 Å². The Morgan fingerprint density at radius 3 is 2.96 bits per heavy atom. The van der Waals surface area contributed by atoms with Gasteiger partial charge in [0.2, 0.25) is 11.8 Å². The zero-order valence-electron chi connectivity index (χ0n) is 15.1. The predicted octanol–water partition coefficient (Wildman–Crippen LogP) is 2.11. The Kier molecular flexibility index (Phi) is 5.88. The Bertz CT molecular complexity index is 753. The lowest BCUT2D eigenvalue weighted by atomic mass is 10.1. The minimum Gasteiger partial charge on any atom is -0.497 e. The number of carbonyl (C=O) groups is 1. The molecule has 2 aromatic rings. The van der Waals surface area contributed by atoms with Crippen molar-refractivity contribution in [3.8, 4) is 17.6 Å². The standard InChI is InChI=1S/C19H23N3O4/c1-24-15-6-3-5-14(11-15)12-18(23)22-10-4-7-16(13-22)26-17-8-9-20-19(21-17)25-2/h3,5-6,8-9,11,16H,4,7,10,12-13H2,1-2H3. The monoisotopic (exact) mass is 357 g/mol. The normalized spacial score (nSPS) is 16.8. The molecule has 1 atom stereocenters. The van der Waals surface area contributed by atoms with E-state index in [1.807, 2.05) is 29.2 Å². The number of amides is 1. The van der Waals surface area contributed by atoms with Crippen molar-refractivity contribution < 1.29 is 19.0 Å². The lowest BCUT2D eigenvalue weighted by Gasteiger charge is -2.32. The predicted molar refractivity (Wildman–Crippen MR) is 95.5 cm³/mol. The Balaban J connectivity index is 1.59. The van der Waals surface area contributed by atoms with Crippen LogP contribution in [0.25, 0.3) is 0 Å². The minimum absolute atomic E-state index is 0.0855. The summed E-state index contributed by atoms with van der Waals surface area (Å²) in [5, 5.41) is 0. The molecule has 0 N–H and O–H groups in total. The summed E-state index contributed by atoms with van der Waals surface area (Å²) in [4.78, 5) is 22.6. The highest BCUT2D eigenvalue weighted by Gasteiger charge is 2.25. The van der Waals surface area contributed by atoms with E-state index in [4.69, 9.17) is 14.2 Å². The van der Waals surface area contributed by atoms with E-state index in [9.17, 15) is 4.79 Å². The van der Waals surface area contributed by atoms with Crippen LogP contribution in [-0.4, -0.2) is 54.2 Å². The quantitative estimate of drug-likeness (QED) is 0.788. The van der Waals surface area contributed by atoms with Gasteiger partial charge in [0.15, 0.2) is 0 Å². The van der Waals surface area contributed by atoms with Crippen LogP contribution < -0.4 is 14.2 Å². The minimum atomic E-state index is -0.0855. The van der Waals surface area contributed by atoms with Gasteiger partial charge in [0.05, 0.1) is 27.2 Å². The van der Waals surface area contributed by atoms with E-state index in [0.717, 1.165) is 30.7 Å². The molecule has 1 saturated heterocycles. The smallest absolute Gasteiger partial charge is 0.319 e. The topological polar surface area (TPSA) is 73.8 Å². The van der Waals surface area contributed by atoms with Gasteiger partial charge in [-0.1, -0.05) is 12.1 Å². The van der Waals surface area contributed by atoms with Crippen LogP contribution in [0.1, 0.15) is 18.4 Å². The summed E-state index contributed by atoms with van der Waals surface area (Å²) in [7, 11) is 3.13. The fourth-order valence-corrected chi connectivity index (χ4v) is 2.99. The van der Waals surface area contributed by atoms with E-state index in [1.165, 1.54) is 7.11 Å². The van der Waals surface area contributed by atoms with E-state index >= 15 is 0 Å². The highest BCUT2D eigenvalue weighted by Crippen LogP contribution is 2.19. The van der Waals surface area contributed by atoms with Crippen molar-refractivity contribution in [3.63, 3.8) is 0 Å². The summed E-state index contributed by atoms with van der Waals surface area (Å²) in [5.41, 5.74) is 0.943. The molecule has 1 aromatic carbocycles. The lowest BCUT2D eigenvalue weighted by molar-refractivity contribution is -0.133. The summed E-state index contributed by atoms with van der Waals surface area (Å²) in [6.07, 6.45) is 3.64. The van der Waals surface area contributed by atoms with Crippen LogP contribution in [0.5, 0.6) is 17.6 Å². The average molecular weight is 357 g/mol. The summed E-state index contributed by atoms with van der Waals surface area (Å²) in [6.45, 7) is 1.30. The maximum atomic E-state index is 12.6. The number of piperidine rings is 1. The summed E-state index contributed by atoms with van der Waals surface area (Å²) in [5.74, 6) is 1.31. The van der Waals surface area contributed by atoms with Crippen LogP contribution in [-0.2, 0) is 11.2 Å². The highest BCUT2D eigenvalue weighted by molar-refractivity contribution is 5.79. The van der Waals surface area contributed by atoms with Gasteiger partial charge in [0.1, 0.15) is 11.9 Å². The summed E-state index contributed by atoms with van der Waals surface area (Å²) < 4.78 is 16.1. The number of hydrogen-bond donors (Lipinski definition) is 0. The number of benzene rings is 1. The van der Waals surface area contributed by atoms with Gasteiger partial charge in [0, 0.05) is 18.8 Å². The molecule has 7 heteroatoms. The number of carbonyl (C=O) groups excluding carboxylic acids is 1. The fraction of sp³-hybridized carbons (Fsp3) is 0.421. The third-order valence-corrected chi connectivity index (χ3v) is 4.30. The highest BCUT2D eigenvalue weighted by atomic mass is 16.5. The first-order chi connectivity index (χ1) is 12.7. The van der Waals surface area contributed by atoms with Crippen LogP contribution in [0.3, 0.4) is 0 Å². The second-order valence-electron chi connectivity index (χ2n) is 6.13. The van der Waals surface area contributed by atoms with E-state index < -0.39 is 0 Å². The molecular weight excluding hydrogens is 334 g/mol. The SMILES string of the molecule is COc1cccc(CC(=O)N2CCCC(Oc3ccnc(OC)n3)C2)c1. The molecule has 1 aliphatic heterocycles. The molecule has 1 unspecified atom stereocenters. The van der Waals surface area contributed by atoms with Gasteiger partial charge in [-0.25, -0.2) is 4.98 Å². The van der Waals surface area contributed by atoms with Gasteiger partial charge in [-0.2, -0.15) is 4.98 Å². The third kappa shape index (κ3) is 4.62. The van der Waals surface area contributed by atoms with Crippen LogP contribution in [0.4, 0.5) is 0 Å². The van der Waals surface area contributed by atoms with Gasteiger partial charge in [-0.15, -0.1) is 0 Å². The van der Waals surface area contributed by atoms with Crippen LogP contribution in [0, 0.1) is 0 Å². The molecule has 0 bridgehead atoms. The number of methoxy groups -OCH3 is 2. The molecule has 3 rings (SSSR count). The number of aromatic nitrogens is 2. The summed E-state index contributed by atoms with van der Waals surface area (Å²) >= 11 is 0. The molecule has 0 spiro atoms. The van der Waals surface area contributed by atoms with Crippen molar-refractivity contribution in [2.24, 2.45) is 0 Å². The first kappa shape index (κ1) is 18.0. The molecule has 2 heterocycles. The zero-order chi connectivity index (χ0) is 18.4. The zero-order valence-corrected chi connectivity index (χ0v) is 15.1. The molecule has 26 heavy (non-hydrogen) atoms. The lowest BCUT2D eigenvalue weighted by Crippen LogP contribution is -2.45. The van der Waals surface area contributed by atoms with E-state index in [-0.39, 0.29) is 18.0 Å². The third-order valence-electron chi connectivity index (χ3n) is 4.30. The van der Waals surface area contributed by atoms with Gasteiger partial charge in [-0.3, -0.25) is 4.79 Å². The number of likely N-dealkylation sites (tertiary alicyclic amines) is 1. The van der Waals surface area contributed by atoms with E-state index in [0.29, 0.717) is 18.8 Å². The molecule has 138 valence electrons. The maximum Gasteiger partial charge on any atom is 0.319 e.